The molecule has 0 spiro atoms. The minimum atomic E-state index is -0.176. The quantitative estimate of drug-likeness (QED) is 0.689. The van der Waals surface area contributed by atoms with Crippen LogP contribution in [0.25, 0.3) is 21.9 Å². The van der Waals surface area contributed by atoms with Crippen molar-refractivity contribution in [1.82, 2.24) is 4.57 Å². The molecule has 0 saturated carbocycles. The largest absolute Gasteiger partial charge is 0.497 e. The normalized spacial score (nSPS) is 15.8. The molecule has 1 aromatic heterocycles. The number of pyridine rings is 1. The van der Waals surface area contributed by atoms with Gasteiger partial charge < -0.3 is 9.47 Å². The maximum atomic E-state index is 13.0. The summed E-state index contributed by atoms with van der Waals surface area (Å²) in [7, 11) is 1.58. The van der Waals surface area contributed by atoms with E-state index in [-0.39, 0.29) is 11.7 Å². The first-order valence-electron chi connectivity index (χ1n) is 8.04. The highest BCUT2D eigenvalue weighted by atomic mass is 16.6. The summed E-state index contributed by atoms with van der Waals surface area (Å²) in [6.07, 6.45) is 0.00382. The maximum absolute atomic E-state index is 13.0. The van der Waals surface area contributed by atoms with E-state index in [4.69, 9.17) is 9.47 Å². The third kappa shape index (κ3) is 2.67. The van der Waals surface area contributed by atoms with E-state index >= 15 is 0 Å². The van der Waals surface area contributed by atoms with E-state index in [1.54, 1.807) is 19.2 Å². The molecular weight excluding hydrogens is 316 g/mol. The summed E-state index contributed by atoms with van der Waals surface area (Å²) >= 11 is 0. The number of ether oxygens (including phenoxy) is 2. The summed E-state index contributed by atoms with van der Waals surface area (Å²) in [4.78, 5) is 13.0. The van der Waals surface area contributed by atoms with Crippen molar-refractivity contribution in [3.05, 3.63) is 64.6 Å². The van der Waals surface area contributed by atoms with E-state index in [0.29, 0.717) is 30.0 Å². The van der Waals surface area contributed by atoms with E-state index in [0.717, 1.165) is 16.5 Å². The lowest BCUT2D eigenvalue weighted by molar-refractivity contribution is 0.380. The Morgan fingerprint density at radius 2 is 2.00 bits per heavy atom. The summed E-state index contributed by atoms with van der Waals surface area (Å²) in [5.41, 5.74) is 1.82. The summed E-state index contributed by atoms with van der Waals surface area (Å²) in [5, 5.41) is 11.1. The minimum Gasteiger partial charge on any atom is -0.497 e. The van der Waals surface area contributed by atoms with Crippen LogP contribution in [0.4, 0.5) is 0 Å². The van der Waals surface area contributed by atoms with Gasteiger partial charge in [-0.1, -0.05) is 30.3 Å². The van der Waals surface area contributed by atoms with Crippen molar-refractivity contribution < 1.29 is 9.47 Å². The second kappa shape index (κ2) is 6.08. The van der Waals surface area contributed by atoms with Crippen molar-refractivity contribution in [2.75, 3.05) is 13.7 Å². The zero-order chi connectivity index (χ0) is 17.4. The van der Waals surface area contributed by atoms with E-state index in [1.807, 2.05) is 36.4 Å². The Bertz CT molecular complexity index is 1040. The SMILES string of the molecule is COc1ccc2c(=O)n(CC3CO3)c(C#N)c(-c3ccccc3)c2c1. The number of fused-ring (bicyclic) bond motifs is 1. The Morgan fingerprint density at radius 1 is 1.24 bits per heavy atom. The number of benzene rings is 2. The Morgan fingerprint density at radius 3 is 2.64 bits per heavy atom. The van der Waals surface area contributed by atoms with Crippen LogP contribution in [0.3, 0.4) is 0 Å². The Kier molecular flexibility index (Phi) is 3.75. The molecule has 124 valence electrons. The zero-order valence-corrected chi connectivity index (χ0v) is 13.7. The average molecular weight is 332 g/mol. The predicted molar refractivity (Wildman–Crippen MR) is 94.7 cm³/mol. The molecule has 5 nitrogen and oxygen atoms in total. The summed E-state index contributed by atoms with van der Waals surface area (Å²) in [6, 6.07) is 17.2. The average Bonchev–Trinajstić information content (AvgIpc) is 3.48. The molecular formula is C20H16N2O3. The predicted octanol–water partition coefficient (Wildman–Crippen LogP) is 2.95. The number of hydrogen-bond acceptors (Lipinski definition) is 4. The van der Waals surface area contributed by atoms with E-state index in [9.17, 15) is 10.1 Å². The number of rotatable bonds is 4. The third-order valence-corrected chi connectivity index (χ3v) is 4.44. The first-order chi connectivity index (χ1) is 12.2. The molecule has 5 heteroatoms. The van der Waals surface area contributed by atoms with Crippen molar-refractivity contribution in [2.45, 2.75) is 12.6 Å². The lowest BCUT2D eigenvalue weighted by Crippen LogP contribution is -2.26. The van der Waals surface area contributed by atoms with Gasteiger partial charge in [0, 0.05) is 16.3 Å². The van der Waals surface area contributed by atoms with Crippen LogP contribution in [-0.2, 0) is 11.3 Å². The van der Waals surface area contributed by atoms with Crippen LogP contribution >= 0.6 is 0 Å². The molecule has 2 aromatic carbocycles. The Balaban J connectivity index is 2.12. The van der Waals surface area contributed by atoms with E-state index in [2.05, 4.69) is 6.07 Å². The molecule has 1 aliphatic heterocycles. The number of nitrogens with zero attached hydrogens (tertiary/aromatic N) is 2. The highest BCUT2D eigenvalue weighted by Gasteiger charge is 2.27. The van der Waals surface area contributed by atoms with Gasteiger partial charge in [-0.05, 0) is 23.8 Å². The fraction of sp³-hybridized carbons (Fsp3) is 0.200. The lowest BCUT2D eigenvalue weighted by Gasteiger charge is -2.16. The van der Waals surface area contributed by atoms with Gasteiger partial charge in [0.1, 0.15) is 17.5 Å². The molecule has 0 N–H and O–H groups in total. The standard InChI is InChI=1S/C20H16N2O3/c1-24-14-7-8-16-17(9-14)19(13-5-3-2-4-6-13)18(10-21)22(20(16)23)11-15-12-25-15/h2-9,15H,11-12H2,1H3. The van der Waals surface area contributed by atoms with E-state index < -0.39 is 0 Å². The monoisotopic (exact) mass is 332 g/mol. The van der Waals surface area contributed by atoms with E-state index in [1.165, 1.54) is 4.57 Å². The van der Waals surface area contributed by atoms with Crippen LogP contribution in [0.2, 0.25) is 0 Å². The van der Waals surface area contributed by atoms with Gasteiger partial charge in [-0.25, -0.2) is 0 Å². The molecule has 25 heavy (non-hydrogen) atoms. The molecule has 1 aliphatic rings. The molecule has 4 rings (SSSR count). The first-order valence-corrected chi connectivity index (χ1v) is 8.04. The molecule has 2 heterocycles. The van der Waals surface area contributed by atoms with Gasteiger partial charge >= 0.3 is 0 Å². The highest BCUT2D eigenvalue weighted by Crippen LogP contribution is 2.33. The van der Waals surface area contributed by atoms with Gasteiger partial charge in [0.2, 0.25) is 0 Å². The molecule has 0 aliphatic carbocycles. The van der Waals surface area contributed by atoms with Crippen molar-refractivity contribution in [3.63, 3.8) is 0 Å². The maximum Gasteiger partial charge on any atom is 0.259 e. The van der Waals surface area contributed by atoms with Crippen LogP contribution in [0.1, 0.15) is 5.69 Å². The highest BCUT2D eigenvalue weighted by molar-refractivity contribution is 5.99. The first kappa shape index (κ1) is 15.4. The van der Waals surface area contributed by atoms with Gasteiger partial charge in [-0.15, -0.1) is 0 Å². The second-order valence-electron chi connectivity index (χ2n) is 5.98. The Hall–Kier alpha value is -3.10. The fourth-order valence-electron chi connectivity index (χ4n) is 3.12. The number of methoxy groups -OCH3 is 1. The van der Waals surface area contributed by atoms with Crippen molar-refractivity contribution >= 4 is 10.8 Å². The van der Waals surface area contributed by atoms with Gasteiger partial charge in [0.15, 0.2) is 0 Å². The van der Waals surface area contributed by atoms with Gasteiger partial charge in [0.25, 0.3) is 5.56 Å². The molecule has 0 amide bonds. The minimum absolute atomic E-state index is 0.00382. The molecule has 0 bridgehead atoms. The van der Waals surface area contributed by atoms with Crippen LogP contribution in [0, 0.1) is 11.3 Å². The molecule has 1 unspecified atom stereocenters. The number of nitriles is 1. The van der Waals surface area contributed by atoms with Crippen molar-refractivity contribution in [3.8, 4) is 22.9 Å². The number of hydrogen-bond donors (Lipinski definition) is 0. The van der Waals surface area contributed by atoms with Crippen LogP contribution in [-0.4, -0.2) is 24.4 Å². The smallest absolute Gasteiger partial charge is 0.259 e. The Labute approximate surface area is 144 Å². The topological polar surface area (TPSA) is 67.5 Å². The second-order valence-corrected chi connectivity index (χ2v) is 5.98. The molecule has 0 radical (unpaired) electrons. The number of epoxide rings is 1. The summed E-state index contributed by atoms with van der Waals surface area (Å²) < 4.78 is 12.1. The lowest BCUT2D eigenvalue weighted by atomic mass is 9.96. The molecule has 1 saturated heterocycles. The van der Waals surface area contributed by atoms with Gasteiger partial charge in [-0.3, -0.25) is 9.36 Å². The zero-order valence-electron chi connectivity index (χ0n) is 13.7. The molecule has 1 atom stereocenters. The van der Waals surface area contributed by atoms with Gasteiger partial charge in [-0.2, -0.15) is 5.26 Å². The molecule has 1 fully saturated rings. The van der Waals surface area contributed by atoms with Crippen LogP contribution in [0.5, 0.6) is 5.75 Å². The summed E-state index contributed by atoms with van der Waals surface area (Å²) in [5.74, 6) is 0.649. The number of aromatic nitrogens is 1. The van der Waals surface area contributed by atoms with Crippen molar-refractivity contribution in [2.24, 2.45) is 0 Å². The van der Waals surface area contributed by atoms with Crippen molar-refractivity contribution in [1.29, 1.82) is 5.26 Å². The van der Waals surface area contributed by atoms with Gasteiger partial charge in [0.05, 0.1) is 26.4 Å². The summed E-state index contributed by atoms with van der Waals surface area (Å²) in [6.45, 7) is 1.02. The van der Waals surface area contributed by atoms with Crippen LogP contribution < -0.4 is 10.3 Å². The molecule has 3 aromatic rings. The fourth-order valence-corrected chi connectivity index (χ4v) is 3.12. The van der Waals surface area contributed by atoms with Crippen LogP contribution in [0.15, 0.2) is 53.3 Å². The third-order valence-electron chi connectivity index (χ3n) is 4.44.